The van der Waals surface area contributed by atoms with Gasteiger partial charge in [0.05, 0.1) is 6.20 Å². The van der Waals surface area contributed by atoms with Crippen molar-refractivity contribution in [3.05, 3.63) is 12.0 Å². The van der Waals surface area contributed by atoms with Gasteiger partial charge in [0.1, 0.15) is 0 Å². The number of hydrogen-bond donors (Lipinski definition) is 0. The molecular weight excluding hydrogens is 154 g/mol. The average Bonchev–Trinajstić information content (AvgIpc) is 2.29. The highest BCUT2D eigenvalue weighted by atomic mass is 16.0. The van der Waals surface area contributed by atoms with E-state index >= 15 is 0 Å². The fraction of sp³-hybridized carbons (Fsp3) is 0.429. The number of aliphatic imine (C=N–C) groups is 1. The van der Waals surface area contributed by atoms with E-state index in [-0.39, 0.29) is 0 Å². The summed E-state index contributed by atoms with van der Waals surface area (Å²) in [5.41, 5.74) is 0. The van der Waals surface area contributed by atoms with Crippen LogP contribution in [0.2, 0.25) is 0 Å². The molecular formula is C7H13N5. The third-order valence-corrected chi connectivity index (χ3v) is 1.63. The van der Waals surface area contributed by atoms with Crippen molar-refractivity contribution in [1.82, 2.24) is 15.2 Å². The first kappa shape index (κ1) is 8.73. The molecule has 0 atom stereocenters. The van der Waals surface area contributed by atoms with Crippen molar-refractivity contribution in [2.45, 2.75) is 6.92 Å². The van der Waals surface area contributed by atoms with E-state index in [1.54, 1.807) is 16.5 Å². The Morgan fingerprint density at radius 1 is 1.50 bits per heavy atom. The zero-order chi connectivity index (χ0) is 9.14. The molecule has 1 aliphatic rings. The van der Waals surface area contributed by atoms with Crippen LogP contribution < -0.4 is 0 Å². The van der Waals surface area contributed by atoms with Crippen molar-refractivity contribution in [2.24, 2.45) is 10.1 Å². The van der Waals surface area contributed by atoms with Crippen molar-refractivity contribution >= 4 is 12.9 Å². The molecule has 5 nitrogen and oxygen atoms in total. The van der Waals surface area contributed by atoms with Gasteiger partial charge in [0.2, 0.25) is 0 Å². The van der Waals surface area contributed by atoms with Gasteiger partial charge in [-0.1, -0.05) is 0 Å². The lowest BCUT2D eigenvalue weighted by Crippen LogP contribution is -2.36. The quantitative estimate of drug-likeness (QED) is 0.562. The first-order valence-electron chi connectivity index (χ1n) is 3.64. The number of hydrogen-bond acceptors (Lipinski definition) is 5. The fourth-order valence-electron chi connectivity index (χ4n) is 0.965. The van der Waals surface area contributed by atoms with E-state index in [9.17, 15) is 0 Å². The maximum Gasteiger partial charge on any atom is 0.185 e. The first-order valence-corrected chi connectivity index (χ1v) is 3.64. The summed E-state index contributed by atoms with van der Waals surface area (Å²) in [6.07, 6.45) is 3.59. The summed E-state index contributed by atoms with van der Waals surface area (Å²) in [6, 6.07) is 0. The van der Waals surface area contributed by atoms with Crippen molar-refractivity contribution in [2.75, 3.05) is 14.1 Å². The molecule has 0 aromatic carbocycles. The molecule has 0 bridgehead atoms. The van der Waals surface area contributed by atoms with Gasteiger partial charge in [-0.15, -0.1) is 5.12 Å². The Labute approximate surface area is 72.2 Å². The molecule has 12 heavy (non-hydrogen) atoms. The maximum atomic E-state index is 4.12. The van der Waals surface area contributed by atoms with Crippen LogP contribution in [0.3, 0.4) is 0 Å². The summed E-state index contributed by atoms with van der Waals surface area (Å²) < 4.78 is 0. The topological polar surface area (TPSA) is 34.4 Å². The third kappa shape index (κ3) is 1.31. The highest BCUT2D eigenvalue weighted by Gasteiger charge is 2.22. The predicted molar refractivity (Wildman–Crippen MR) is 49.2 cm³/mol. The molecule has 0 unspecified atom stereocenters. The minimum Gasteiger partial charge on any atom is -0.293 e. The minimum absolute atomic E-state index is 0.762. The molecule has 0 aromatic rings. The van der Waals surface area contributed by atoms with Gasteiger partial charge in [0.15, 0.2) is 5.82 Å². The van der Waals surface area contributed by atoms with Crippen LogP contribution in [-0.4, -0.2) is 42.3 Å². The average molecular weight is 167 g/mol. The standard InChI is InChI=1S/C7H13N5/c1-5-9-7-6-10(3)11(4)12(7)8-2/h5-6H,2H2,1,3-4H3/b9-5-. The molecule has 0 N–H and O–H groups in total. The largest absolute Gasteiger partial charge is 0.293 e. The summed E-state index contributed by atoms with van der Waals surface area (Å²) in [4.78, 5) is 4.12. The summed E-state index contributed by atoms with van der Waals surface area (Å²) in [5.74, 6) is 0.762. The van der Waals surface area contributed by atoms with Gasteiger partial charge in [0.25, 0.3) is 0 Å². The fourth-order valence-corrected chi connectivity index (χ4v) is 0.965. The van der Waals surface area contributed by atoms with Gasteiger partial charge in [-0.25, -0.2) is 4.99 Å². The Morgan fingerprint density at radius 2 is 2.17 bits per heavy atom. The van der Waals surface area contributed by atoms with Crippen LogP contribution in [-0.2, 0) is 0 Å². The zero-order valence-electron chi connectivity index (χ0n) is 7.60. The zero-order valence-corrected chi connectivity index (χ0v) is 7.60. The molecule has 5 heteroatoms. The molecule has 0 saturated carbocycles. The summed E-state index contributed by atoms with van der Waals surface area (Å²) in [6.45, 7) is 5.31. The van der Waals surface area contributed by atoms with Gasteiger partial charge in [-0.2, -0.15) is 10.2 Å². The van der Waals surface area contributed by atoms with Crippen LogP contribution in [0.4, 0.5) is 0 Å². The van der Waals surface area contributed by atoms with E-state index in [0.717, 1.165) is 5.82 Å². The van der Waals surface area contributed by atoms with Gasteiger partial charge < -0.3 is 0 Å². The Morgan fingerprint density at radius 3 is 2.67 bits per heavy atom. The SMILES string of the molecule is C=NN1C(/N=C\C)=CN(C)N1C. The van der Waals surface area contributed by atoms with E-state index < -0.39 is 0 Å². The highest BCUT2D eigenvalue weighted by molar-refractivity contribution is 5.55. The lowest BCUT2D eigenvalue weighted by atomic mass is 10.7. The Kier molecular flexibility index (Phi) is 2.44. The van der Waals surface area contributed by atoms with Gasteiger partial charge >= 0.3 is 0 Å². The van der Waals surface area contributed by atoms with Crippen LogP contribution in [0.15, 0.2) is 22.1 Å². The van der Waals surface area contributed by atoms with Crippen LogP contribution in [0, 0.1) is 0 Å². The lowest BCUT2D eigenvalue weighted by Gasteiger charge is -2.25. The third-order valence-electron chi connectivity index (χ3n) is 1.63. The molecule has 0 spiro atoms. The molecule has 0 saturated heterocycles. The van der Waals surface area contributed by atoms with Crippen LogP contribution in [0.25, 0.3) is 0 Å². The molecule has 0 aliphatic carbocycles. The first-order chi connectivity index (χ1) is 5.70. The summed E-state index contributed by atoms with van der Waals surface area (Å²) in [5, 5.41) is 9.09. The van der Waals surface area contributed by atoms with E-state index in [1.807, 2.05) is 32.2 Å². The Bertz CT molecular complexity index is 232. The Hall–Kier alpha value is -1.36. The monoisotopic (exact) mass is 167 g/mol. The molecule has 0 fully saturated rings. The van der Waals surface area contributed by atoms with Crippen LogP contribution in [0.5, 0.6) is 0 Å². The smallest absolute Gasteiger partial charge is 0.185 e. The highest BCUT2D eigenvalue weighted by Crippen LogP contribution is 2.18. The van der Waals surface area contributed by atoms with Crippen molar-refractivity contribution in [3.8, 4) is 0 Å². The van der Waals surface area contributed by atoms with E-state index in [1.165, 1.54) is 0 Å². The van der Waals surface area contributed by atoms with Crippen LogP contribution >= 0.6 is 0 Å². The molecule has 1 aliphatic heterocycles. The molecule has 66 valence electrons. The van der Waals surface area contributed by atoms with Gasteiger partial charge in [-0.3, -0.25) is 5.01 Å². The van der Waals surface area contributed by atoms with Gasteiger partial charge in [0, 0.05) is 27.0 Å². The lowest BCUT2D eigenvalue weighted by molar-refractivity contribution is -0.0741. The summed E-state index contributed by atoms with van der Waals surface area (Å²) in [7, 11) is 3.79. The Balaban J connectivity index is 2.84. The minimum atomic E-state index is 0.762. The van der Waals surface area contributed by atoms with Crippen molar-refractivity contribution in [1.29, 1.82) is 0 Å². The van der Waals surface area contributed by atoms with E-state index in [0.29, 0.717) is 0 Å². The molecule has 0 amide bonds. The predicted octanol–water partition coefficient (Wildman–Crippen LogP) is 0.501. The van der Waals surface area contributed by atoms with E-state index in [2.05, 4.69) is 16.8 Å². The second-order valence-electron chi connectivity index (χ2n) is 2.37. The number of nitrogens with zero attached hydrogens (tertiary/aromatic N) is 5. The number of hydrazine groups is 2. The van der Waals surface area contributed by atoms with Crippen LogP contribution in [0.1, 0.15) is 6.92 Å². The van der Waals surface area contributed by atoms with E-state index in [4.69, 9.17) is 0 Å². The summed E-state index contributed by atoms with van der Waals surface area (Å²) >= 11 is 0. The maximum absolute atomic E-state index is 4.12. The van der Waals surface area contributed by atoms with Crippen molar-refractivity contribution in [3.63, 3.8) is 0 Å². The number of rotatable bonds is 2. The van der Waals surface area contributed by atoms with Gasteiger partial charge in [-0.05, 0) is 6.92 Å². The second-order valence-corrected chi connectivity index (χ2v) is 2.37. The second kappa shape index (κ2) is 3.36. The van der Waals surface area contributed by atoms with Crippen molar-refractivity contribution < 1.29 is 0 Å². The normalized spacial score (nSPS) is 19.1. The molecule has 0 radical (unpaired) electrons. The number of hydrazone groups is 1. The molecule has 1 heterocycles. The molecule has 0 aromatic heterocycles. The molecule has 1 rings (SSSR count).